The number of furan rings is 1. The van der Waals surface area contributed by atoms with Crippen molar-refractivity contribution in [2.75, 3.05) is 13.1 Å². The standard InChI is InChI=1S/C19H21N3O2/c1-4-21(5-2)19(23)17-13-16(18-12-11-14(3)24-18)20-22(17)15-9-7-6-8-10-15/h6-13H,4-5H2,1-3H3. The maximum Gasteiger partial charge on any atom is 0.272 e. The molecule has 0 aliphatic heterocycles. The smallest absolute Gasteiger partial charge is 0.272 e. The molecule has 124 valence electrons. The Kier molecular flexibility index (Phi) is 4.51. The predicted molar refractivity (Wildman–Crippen MR) is 93.3 cm³/mol. The lowest BCUT2D eigenvalue weighted by molar-refractivity contribution is 0.0764. The van der Waals surface area contributed by atoms with Gasteiger partial charge in [0.05, 0.1) is 5.69 Å². The summed E-state index contributed by atoms with van der Waals surface area (Å²) in [5, 5.41) is 4.61. The fraction of sp³-hybridized carbons (Fsp3) is 0.263. The number of benzene rings is 1. The highest BCUT2D eigenvalue weighted by atomic mass is 16.3. The number of para-hydroxylation sites is 1. The van der Waals surface area contributed by atoms with Crippen molar-refractivity contribution >= 4 is 5.91 Å². The molecule has 0 radical (unpaired) electrons. The molecule has 0 atom stereocenters. The molecule has 5 heteroatoms. The van der Waals surface area contributed by atoms with Gasteiger partial charge in [-0.3, -0.25) is 4.79 Å². The summed E-state index contributed by atoms with van der Waals surface area (Å²) < 4.78 is 7.35. The third kappa shape index (κ3) is 2.97. The van der Waals surface area contributed by atoms with Crippen LogP contribution in [0.25, 0.3) is 17.1 Å². The molecule has 24 heavy (non-hydrogen) atoms. The molecule has 0 aliphatic rings. The van der Waals surface area contributed by atoms with E-state index in [1.165, 1.54) is 0 Å². The van der Waals surface area contributed by atoms with Crippen molar-refractivity contribution in [1.82, 2.24) is 14.7 Å². The second-order valence-electron chi connectivity index (χ2n) is 5.55. The van der Waals surface area contributed by atoms with Crippen LogP contribution in [0, 0.1) is 6.92 Å². The van der Waals surface area contributed by atoms with Crippen molar-refractivity contribution in [2.45, 2.75) is 20.8 Å². The SMILES string of the molecule is CCN(CC)C(=O)c1cc(-c2ccc(C)o2)nn1-c1ccccc1. The summed E-state index contributed by atoms with van der Waals surface area (Å²) in [7, 11) is 0. The summed E-state index contributed by atoms with van der Waals surface area (Å²) in [6.07, 6.45) is 0. The van der Waals surface area contributed by atoms with Gasteiger partial charge in [-0.1, -0.05) is 18.2 Å². The predicted octanol–water partition coefficient (Wildman–Crippen LogP) is 3.92. The Hall–Kier alpha value is -2.82. The normalized spacial score (nSPS) is 10.8. The number of nitrogens with zero attached hydrogens (tertiary/aromatic N) is 3. The molecule has 3 aromatic rings. The van der Waals surface area contributed by atoms with Gasteiger partial charge in [0.25, 0.3) is 5.91 Å². The Morgan fingerprint density at radius 1 is 1.12 bits per heavy atom. The van der Waals surface area contributed by atoms with E-state index in [4.69, 9.17) is 4.42 Å². The number of aromatic nitrogens is 2. The lowest BCUT2D eigenvalue weighted by Crippen LogP contribution is -2.32. The number of amides is 1. The first kappa shape index (κ1) is 16.1. The zero-order valence-electron chi connectivity index (χ0n) is 14.2. The molecule has 0 aliphatic carbocycles. The minimum absolute atomic E-state index is 0.0362. The van der Waals surface area contributed by atoms with E-state index in [0.717, 1.165) is 11.4 Å². The summed E-state index contributed by atoms with van der Waals surface area (Å²) in [5.74, 6) is 1.44. The van der Waals surface area contributed by atoms with Gasteiger partial charge in [0.2, 0.25) is 0 Å². The summed E-state index contributed by atoms with van der Waals surface area (Å²) in [6.45, 7) is 7.15. The zero-order valence-corrected chi connectivity index (χ0v) is 14.2. The first-order chi connectivity index (χ1) is 11.6. The van der Waals surface area contributed by atoms with Crippen molar-refractivity contribution in [3.8, 4) is 17.1 Å². The molecular weight excluding hydrogens is 302 g/mol. The second-order valence-corrected chi connectivity index (χ2v) is 5.55. The molecule has 0 unspecified atom stereocenters. The molecule has 0 fully saturated rings. The van der Waals surface area contributed by atoms with E-state index in [2.05, 4.69) is 5.10 Å². The first-order valence-electron chi connectivity index (χ1n) is 8.15. The molecule has 0 N–H and O–H groups in total. The molecule has 2 aromatic heterocycles. The highest BCUT2D eigenvalue weighted by Gasteiger charge is 2.22. The van der Waals surface area contributed by atoms with Crippen molar-refractivity contribution < 1.29 is 9.21 Å². The van der Waals surface area contributed by atoms with E-state index in [0.29, 0.717) is 30.2 Å². The van der Waals surface area contributed by atoms with Crippen LogP contribution in [0.4, 0.5) is 0 Å². The van der Waals surface area contributed by atoms with Gasteiger partial charge in [-0.25, -0.2) is 4.68 Å². The van der Waals surface area contributed by atoms with E-state index in [-0.39, 0.29) is 5.91 Å². The molecule has 0 spiro atoms. The molecule has 3 rings (SSSR count). The van der Waals surface area contributed by atoms with Gasteiger partial charge in [-0.05, 0) is 45.0 Å². The first-order valence-corrected chi connectivity index (χ1v) is 8.15. The third-order valence-electron chi connectivity index (χ3n) is 3.97. The Bertz CT molecular complexity index is 829. The maximum atomic E-state index is 12.9. The Morgan fingerprint density at radius 2 is 1.83 bits per heavy atom. The molecule has 1 amide bonds. The van der Waals surface area contributed by atoms with E-state index >= 15 is 0 Å². The highest BCUT2D eigenvalue weighted by Crippen LogP contribution is 2.24. The van der Waals surface area contributed by atoms with Gasteiger partial charge < -0.3 is 9.32 Å². The highest BCUT2D eigenvalue weighted by molar-refractivity contribution is 5.94. The monoisotopic (exact) mass is 323 g/mol. The van der Waals surface area contributed by atoms with Crippen LogP contribution >= 0.6 is 0 Å². The number of hydrogen-bond donors (Lipinski definition) is 0. The van der Waals surface area contributed by atoms with Gasteiger partial charge in [-0.2, -0.15) is 5.10 Å². The summed E-state index contributed by atoms with van der Waals surface area (Å²) in [5.41, 5.74) is 2.04. The summed E-state index contributed by atoms with van der Waals surface area (Å²) in [4.78, 5) is 14.7. The van der Waals surface area contributed by atoms with Crippen molar-refractivity contribution in [3.05, 3.63) is 60.0 Å². The van der Waals surface area contributed by atoms with Gasteiger partial charge in [0, 0.05) is 19.2 Å². The van der Waals surface area contributed by atoms with Crippen LogP contribution in [0.2, 0.25) is 0 Å². The number of aryl methyl sites for hydroxylation is 1. The number of rotatable bonds is 5. The summed E-state index contributed by atoms with van der Waals surface area (Å²) >= 11 is 0. The van der Waals surface area contributed by atoms with E-state index in [1.54, 1.807) is 15.6 Å². The van der Waals surface area contributed by atoms with Crippen LogP contribution in [0.15, 0.2) is 52.9 Å². The average molecular weight is 323 g/mol. The minimum Gasteiger partial charge on any atom is -0.460 e. The van der Waals surface area contributed by atoms with Gasteiger partial charge in [0.1, 0.15) is 17.1 Å². The molecular formula is C19H21N3O2. The molecule has 5 nitrogen and oxygen atoms in total. The maximum absolute atomic E-state index is 12.9. The van der Waals surface area contributed by atoms with Crippen molar-refractivity contribution in [1.29, 1.82) is 0 Å². The summed E-state index contributed by atoms with van der Waals surface area (Å²) in [6, 6.07) is 15.2. The Balaban J connectivity index is 2.11. The minimum atomic E-state index is -0.0362. The van der Waals surface area contributed by atoms with Gasteiger partial charge in [-0.15, -0.1) is 0 Å². The van der Waals surface area contributed by atoms with Crippen LogP contribution in [0.1, 0.15) is 30.1 Å². The second kappa shape index (κ2) is 6.74. The Morgan fingerprint density at radius 3 is 2.42 bits per heavy atom. The van der Waals surface area contributed by atoms with Gasteiger partial charge >= 0.3 is 0 Å². The van der Waals surface area contributed by atoms with E-state index in [9.17, 15) is 4.79 Å². The average Bonchev–Trinajstić information content (AvgIpc) is 3.23. The number of hydrogen-bond acceptors (Lipinski definition) is 3. The fourth-order valence-corrected chi connectivity index (χ4v) is 2.66. The van der Waals surface area contributed by atoms with Crippen molar-refractivity contribution in [3.63, 3.8) is 0 Å². The molecule has 0 saturated carbocycles. The zero-order chi connectivity index (χ0) is 17.1. The quantitative estimate of drug-likeness (QED) is 0.715. The van der Waals surface area contributed by atoms with Crippen LogP contribution in [-0.2, 0) is 0 Å². The molecule has 0 bridgehead atoms. The molecule has 1 aromatic carbocycles. The Labute approximate surface area is 141 Å². The van der Waals surface area contributed by atoms with Crippen LogP contribution < -0.4 is 0 Å². The third-order valence-corrected chi connectivity index (χ3v) is 3.97. The molecule has 2 heterocycles. The topological polar surface area (TPSA) is 51.3 Å². The number of carbonyl (C=O) groups is 1. The fourth-order valence-electron chi connectivity index (χ4n) is 2.66. The lowest BCUT2D eigenvalue weighted by Gasteiger charge is -2.19. The van der Waals surface area contributed by atoms with E-state index < -0.39 is 0 Å². The molecule has 0 saturated heterocycles. The van der Waals surface area contributed by atoms with Crippen LogP contribution in [-0.4, -0.2) is 33.7 Å². The largest absolute Gasteiger partial charge is 0.460 e. The van der Waals surface area contributed by atoms with Gasteiger partial charge in [0.15, 0.2) is 5.76 Å². The number of carbonyl (C=O) groups excluding carboxylic acids is 1. The van der Waals surface area contributed by atoms with Crippen LogP contribution in [0.3, 0.4) is 0 Å². The van der Waals surface area contributed by atoms with Crippen LogP contribution in [0.5, 0.6) is 0 Å². The van der Waals surface area contributed by atoms with Crippen molar-refractivity contribution in [2.24, 2.45) is 0 Å². The van der Waals surface area contributed by atoms with E-state index in [1.807, 2.05) is 63.2 Å². The lowest BCUT2D eigenvalue weighted by atomic mass is 10.2.